The second-order valence-corrected chi connectivity index (χ2v) is 8.14. The second kappa shape index (κ2) is 14.0. The van der Waals surface area contributed by atoms with Gasteiger partial charge in [0.1, 0.15) is 11.4 Å². The third-order valence-corrected chi connectivity index (χ3v) is 5.28. The van der Waals surface area contributed by atoms with E-state index in [1.807, 2.05) is 30.5 Å². The first-order valence-corrected chi connectivity index (χ1v) is 11.9. The SMILES string of the molecule is CCCCCCCCCC(=O)Oc1ccc(N=Nc2ccc(-n3cc(COC)nn3)cc2)cc1. The lowest BCUT2D eigenvalue weighted by Crippen LogP contribution is -2.07. The van der Waals surface area contributed by atoms with Crippen molar-refractivity contribution in [2.24, 2.45) is 10.2 Å². The van der Waals surface area contributed by atoms with E-state index in [4.69, 9.17) is 9.47 Å². The van der Waals surface area contributed by atoms with Crippen LogP contribution in [0.25, 0.3) is 5.69 Å². The Labute approximate surface area is 201 Å². The monoisotopic (exact) mass is 463 g/mol. The number of azo groups is 1. The minimum Gasteiger partial charge on any atom is -0.427 e. The van der Waals surface area contributed by atoms with Crippen molar-refractivity contribution in [3.8, 4) is 11.4 Å². The molecule has 1 heterocycles. The summed E-state index contributed by atoms with van der Waals surface area (Å²) in [4.78, 5) is 12.0. The Balaban J connectivity index is 1.43. The molecule has 3 rings (SSSR count). The first kappa shape index (κ1) is 25.2. The van der Waals surface area contributed by atoms with Gasteiger partial charge in [-0.15, -0.1) is 5.10 Å². The van der Waals surface area contributed by atoms with Crippen molar-refractivity contribution in [2.45, 2.75) is 64.9 Å². The van der Waals surface area contributed by atoms with Gasteiger partial charge in [0.05, 0.1) is 29.9 Å². The molecule has 0 unspecified atom stereocenters. The van der Waals surface area contributed by atoms with Gasteiger partial charge in [-0.05, 0) is 55.0 Å². The van der Waals surface area contributed by atoms with Crippen molar-refractivity contribution in [1.29, 1.82) is 0 Å². The zero-order valence-corrected chi connectivity index (χ0v) is 20.0. The number of hydrogen-bond donors (Lipinski definition) is 0. The normalized spacial score (nSPS) is 11.2. The summed E-state index contributed by atoms with van der Waals surface area (Å²) in [6, 6.07) is 14.5. The summed E-state index contributed by atoms with van der Waals surface area (Å²) in [7, 11) is 1.62. The first-order valence-electron chi connectivity index (χ1n) is 11.9. The van der Waals surface area contributed by atoms with E-state index in [1.165, 1.54) is 32.1 Å². The highest BCUT2D eigenvalue weighted by atomic mass is 16.5. The van der Waals surface area contributed by atoms with Gasteiger partial charge in [0.25, 0.3) is 0 Å². The fourth-order valence-electron chi connectivity index (χ4n) is 3.42. The van der Waals surface area contributed by atoms with E-state index in [0.29, 0.717) is 30.2 Å². The second-order valence-electron chi connectivity index (χ2n) is 8.14. The molecule has 1 aromatic heterocycles. The molecule has 0 spiro atoms. The molecule has 0 aliphatic heterocycles. The third-order valence-electron chi connectivity index (χ3n) is 5.28. The summed E-state index contributed by atoms with van der Waals surface area (Å²) in [5.41, 5.74) is 3.03. The van der Waals surface area contributed by atoms with Gasteiger partial charge in [-0.2, -0.15) is 10.2 Å². The Morgan fingerprint density at radius 3 is 2.15 bits per heavy atom. The summed E-state index contributed by atoms with van der Waals surface area (Å²) >= 11 is 0. The van der Waals surface area contributed by atoms with Crippen LogP contribution in [0.5, 0.6) is 5.75 Å². The van der Waals surface area contributed by atoms with Crippen molar-refractivity contribution < 1.29 is 14.3 Å². The first-order chi connectivity index (χ1) is 16.7. The summed E-state index contributed by atoms with van der Waals surface area (Å²) in [5.74, 6) is 0.335. The van der Waals surface area contributed by atoms with E-state index in [1.54, 1.807) is 36.1 Å². The zero-order valence-electron chi connectivity index (χ0n) is 20.0. The summed E-state index contributed by atoms with van der Waals surface area (Å²) in [5, 5.41) is 16.7. The van der Waals surface area contributed by atoms with Gasteiger partial charge in [-0.1, -0.05) is 50.7 Å². The average molecular weight is 464 g/mol. The smallest absolute Gasteiger partial charge is 0.311 e. The molecule has 0 bridgehead atoms. The van der Waals surface area contributed by atoms with E-state index in [2.05, 4.69) is 27.5 Å². The maximum absolute atomic E-state index is 12.0. The molecule has 0 radical (unpaired) electrons. The van der Waals surface area contributed by atoms with Crippen LogP contribution in [-0.4, -0.2) is 28.1 Å². The molecular weight excluding hydrogens is 430 g/mol. The van der Waals surface area contributed by atoms with Gasteiger partial charge in [-0.3, -0.25) is 4.79 Å². The van der Waals surface area contributed by atoms with Crippen LogP contribution in [-0.2, 0) is 16.1 Å². The molecule has 0 aliphatic carbocycles. The van der Waals surface area contributed by atoms with Crippen molar-refractivity contribution in [1.82, 2.24) is 15.0 Å². The van der Waals surface area contributed by atoms with E-state index in [0.717, 1.165) is 24.2 Å². The van der Waals surface area contributed by atoms with Gasteiger partial charge >= 0.3 is 5.97 Å². The Hall–Kier alpha value is -3.39. The van der Waals surface area contributed by atoms with E-state index in [-0.39, 0.29) is 5.97 Å². The predicted molar refractivity (Wildman–Crippen MR) is 131 cm³/mol. The van der Waals surface area contributed by atoms with Gasteiger partial charge in [0.2, 0.25) is 0 Å². The molecule has 2 aromatic carbocycles. The minimum absolute atomic E-state index is 0.190. The lowest BCUT2D eigenvalue weighted by atomic mass is 10.1. The van der Waals surface area contributed by atoms with Crippen LogP contribution in [0.4, 0.5) is 11.4 Å². The summed E-state index contributed by atoms with van der Waals surface area (Å²) < 4.78 is 12.2. The number of esters is 1. The molecule has 8 nitrogen and oxygen atoms in total. The number of aromatic nitrogens is 3. The maximum Gasteiger partial charge on any atom is 0.311 e. The van der Waals surface area contributed by atoms with Crippen LogP contribution in [0, 0.1) is 0 Å². The molecule has 0 saturated carbocycles. The average Bonchev–Trinajstić information content (AvgIpc) is 3.32. The number of hydrogen-bond acceptors (Lipinski definition) is 7. The number of unbranched alkanes of at least 4 members (excludes halogenated alkanes) is 6. The third kappa shape index (κ3) is 8.51. The molecule has 8 heteroatoms. The topological polar surface area (TPSA) is 91.0 Å². The summed E-state index contributed by atoms with van der Waals surface area (Å²) in [6.07, 6.45) is 10.5. The largest absolute Gasteiger partial charge is 0.427 e. The van der Waals surface area contributed by atoms with E-state index >= 15 is 0 Å². The molecular formula is C26H33N5O3. The number of nitrogens with zero attached hydrogens (tertiary/aromatic N) is 5. The van der Waals surface area contributed by atoms with Crippen molar-refractivity contribution >= 4 is 17.3 Å². The molecule has 0 N–H and O–H groups in total. The molecule has 0 atom stereocenters. The van der Waals surface area contributed by atoms with Crippen LogP contribution in [0.1, 0.15) is 64.0 Å². The van der Waals surface area contributed by atoms with Gasteiger partial charge in [0.15, 0.2) is 0 Å². The maximum atomic E-state index is 12.0. The van der Waals surface area contributed by atoms with Crippen LogP contribution < -0.4 is 4.74 Å². The zero-order chi connectivity index (χ0) is 24.0. The molecule has 180 valence electrons. The Kier molecular flexibility index (Phi) is 10.4. The van der Waals surface area contributed by atoms with Crippen LogP contribution in [0.15, 0.2) is 65.0 Å². The number of carbonyl (C=O) groups is 1. The van der Waals surface area contributed by atoms with Crippen molar-refractivity contribution in [3.63, 3.8) is 0 Å². The summed E-state index contributed by atoms with van der Waals surface area (Å²) in [6.45, 7) is 2.63. The highest BCUT2D eigenvalue weighted by Gasteiger charge is 2.05. The predicted octanol–water partition coefficient (Wildman–Crippen LogP) is 6.88. The molecule has 0 saturated heterocycles. The molecule has 3 aromatic rings. The fraction of sp³-hybridized carbons (Fsp3) is 0.423. The van der Waals surface area contributed by atoms with E-state index in [9.17, 15) is 4.79 Å². The number of rotatable bonds is 14. The van der Waals surface area contributed by atoms with Gasteiger partial charge < -0.3 is 9.47 Å². The lowest BCUT2D eigenvalue weighted by molar-refractivity contribution is -0.134. The van der Waals surface area contributed by atoms with Crippen LogP contribution >= 0.6 is 0 Å². The number of carbonyl (C=O) groups excluding carboxylic acids is 1. The van der Waals surface area contributed by atoms with E-state index < -0.39 is 0 Å². The molecule has 0 amide bonds. The van der Waals surface area contributed by atoms with Gasteiger partial charge in [0, 0.05) is 13.5 Å². The minimum atomic E-state index is -0.190. The number of methoxy groups -OCH3 is 1. The van der Waals surface area contributed by atoms with Crippen molar-refractivity contribution in [3.05, 3.63) is 60.4 Å². The molecule has 0 aliphatic rings. The molecule has 34 heavy (non-hydrogen) atoms. The molecule has 0 fully saturated rings. The quantitative estimate of drug-likeness (QED) is 0.112. The van der Waals surface area contributed by atoms with Gasteiger partial charge in [-0.25, -0.2) is 4.68 Å². The Morgan fingerprint density at radius 1 is 0.882 bits per heavy atom. The highest BCUT2D eigenvalue weighted by Crippen LogP contribution is 2.22. The van der Waals surface area contributed by atoms with Crippen molar-refractivity contribution in [2.75, 3.05) is 7.11 Å². The highest BCUT2D eigenvalue weighted by molar-refractivity contribution is 5.72. The fourth-order valence-corrected chi connectivity index (χ4v) is 3.42. The number of ether oxygens (including phenoxy) is 2. The Morgan fingerprint density at radius 2 is 1.50 bits per heavy atom. The standard InChI is InChI=1S/C26H33N5O3/c1-3-4-5-6-7-8-9-10-26(32)34-25-17-13-22(14-18-25)28-27-21-11-15-24(16-12-21)31-19-23(20-33-2)29-30-31/h11-19H,3-10,20H2,1-2H3. The Bertz CT molecular complexity index is 1030. The number of benzene rings is 2. The van der Waals surface area contributed by atoms with Crippen LogP contribution in [0.3, 0.4) is 0 Å². The lowest BCUT2D eigenvalue weighted by Gasteiger charge is -2.05. The van der Waals surface area contributed by atoms with Crippen LogP contribution in [0.2, 0.25) is 0 Å².